The van der Waals surface area contributed by atoms with Gasteiger partial charge in [0.15, 0.2) is 0 Å². The van der Waals surface area contributed by atoms with Gasteiger partial charge in [0, 0.05) is 5.71 Å². The number of aliphatic imine (C=N–C) groups is 1. The summed E-state index contributed by atoms with van der Waals surface area (Å²) in [7, 11) is 1.38. The maximum absolute atomic E-state index is 11.0. The fourth-order valence-corrected chi connectivity index (χ4v) is 1.24. The molecular weight excluding hydrogens is 190 g/mol. The zero-order valence-corrected chi connectivity index (χ0v) is 9.28. The Morgan fingerprint density at radius 2 is 2.20 bits per heavy atom. The Balaban J connectivity index is 2.74. The van der Waals surface area contributed by atoms with Crippen LogP contribution >= 0.6 is 0 Å². The van der Waals surface area contributed by atoms with E-state index in [0.29, 0.717) is 0 Å². The van der Waals surface area contributed by atoms with Crippen LogP contribution in [0.3, 0.4) is 0 Å². The number of methoxy groups -OCH3 is 1. The molecule has 15 heavy (non-hydrogen) atoms. The number of benzene rings is 1. The Bertz CT molecular complexity index is 383. The SMILES string of the molecule is COC(=O)CC(C)=Nc1cccc(C)c1. The predicted molar refractivity (Wildman–Crippen MR) is 60.6 cm³/mol. The molecule has 0 amide bonds. The van der Waals surface area contributed by atoms with Gasteiger partial charge in [0.05, 0.1) is 19.2 Å². The third-order valence-electron chi connectivity index (χ3n) is 1.95. The molecule has 0 N–H and O–H groups in total. The molecule has 0 heterocycles. The molecule has 0 spiro atoms. The lowest BCUT2D eigenvalue weighted by atomic mass is 10.2. The van der Waals surface area contributed by atoms with E-state index >= 15 is 0 Å². The minimum absolute atomic E-state index is 0.241. The van der Waals surface area contributed by atoms with Crippen molar-refractivity contribution in [1.29, 1.82) is 0 Å². The molecule has 80 valence electrons. The first kappa shape index (κ1) is 11.4. The highest BCUT2D eigenvalue weighted by Gasteiger charge is 2.02. The number of ether oxygens (including phenoxy) is 1. The van der Waals surface area contributed by atoms with Crippen LogP contribution in [0.4, 0.5) is 5.69 Å². The molecular formula is C12H15NO2. The summed E-state index contributed by atoms with van der Waals surface area (Å²) in [6.45, 7) is 3.83. The van der Waals surface area contributed by atoms with Crippen molar-refractivity contribution in [3.63, 3.8) is 0 Å². The quantitative estimate of drug-likeness (QED) is 0.562. The monoisotopic (exact) mass is 205 g/mol. The van der Waals surface area contributed by atoms with Crippen molar-refractivity contribution >= 4 is 17.4 Å². The van der Waals surface area contributed by atoms with E-state index in [9.17, 15) is 4.79 Å². The van der Waals surface area contributed by atoms with E-state index in [-0.39, 0.29) is 12.4 Å². The minimum Gasteiger partial charge on any atom is -0.469 e. The molecule has 0 bridgehead atoms. The molecule has 1 rings (SSSR count). The van der Waals surface area contributed by atoms with Gasteiger partial charge in [-0.15, -0.1) is 0 Å². The number of rotatable bonds is 3. The van der Waals surface area contributed by atoms with Gasteiger partial charge in [-0.1, -0.05) is 12.1 Å². The molecule has 1 aromatic carbocycles. The molecule has 3 heteroatoms. The van der Waals surface area contributed by atoms with Gasteiger partial charge in [0.2, 0.25) is 0 Å². The maximum atomic E-state index is 11.0. The topological polar surface area (TPSA) is 38.7 Å². The van der Waals surface area contributed by atoms with Crippen molar-refractivity contribution < 1.29 is 9.53 Å². The van der Waals surface area contributed by atoms with Gasteiger partial charge in [-0.3, -0.25) is 9.79 Å². The highest BCUT2D eigenvalue weighted by Crippen LogP contribution is 2.14. The number of aryl methyl sites for hydroxylation is 1. The lowest BCUT2D eigenvalue weighted by Gasteiger charge is -2.00. The largest absolute Gasteiger partial charge is 0.469 e. The molecule has 0 aliphatic rings. The van der Waals surface area contributed by atoms with Gasteiger partial charge in [0.25, 0.3) is 0 Å². The van der Waals surface area contributed by atoms with E-state index in [0.717, 1.165) is 17.0 Å². The summed E-state index contributed by atoms with van der Waals surface area (Å²) in [5.74, 6) is -0.260. The lowest BCUT2D eigenvalue weighted by molar-refractivity contribution is -0.139. The van der Waals surface area contributed by atoms with Gasteiger partial charge < -0.3 is 4.74 Å². The summed E-state index contributed by atoms with van der Waals surface area (Å²) in [6, 6.07) is 7.84. The van der Waals surface area contributed by atoms with Crippen LogP contribution in [-0.2, 0) is 9.53 Å². The summed E-state index contributed by atoms with van der Waals surface area (Å²) in [5, 5.41) is 0. The molecule has 0 radical (unpaired) electrons. The standard InChI is InChI=1S/C12H15NO2/c1-9-5-4-6-11(7-9)13-10(2)8-12(14)15-3/h4-7H,8H2,1-3H3. The average Bonchev–Trinajstić information content (AvgIpc) is 2.17. The van der Waals surface area contributed by atoms with Crippen LogP contribution in [-0.4, -0.2) is 18.8 Å². The molecule has 3 nitrogen and oxygen atoms in total. The van der Waals surface area contributed by atoms with Gasteiger partial charge in [-0.25, -0.2) is 0 Å². The fraction of sp³-hybridized carbons (Fsp3) is 0.333. The number of hydrogen-bond donors (Lipinski definition) is 0. The molecule has 0 atom stereocenters. The zero-order valence-electron chi connectivity index (χ0n) is 9.28. The number of carbonyl (C=O) groups is 1. The Labute approximate surface area is 89.8 Å². The second kappa shape index (κ2) is 5.29. The summed E-state index contributed by atoms with van der Waals surface area (Å²) < 4.78 is 4.56. The first-order valence-electron chi connectivity index (χ1n) is 4.79. The van der Waals surface area contributed by atoms with Crippen LogP contribution in [0.1, 0.15) is 18.9 Å². The summed E-state index contributed by atoms with van der Waals surface area (Å²) in [5.41, 5.74) is 2.78. The van der Waals surface area contributed by atoms with Gasteiger partial charge in [-0.2, -0.15) is 0 Å². The second-order valence-corrected chi connectivity index (χ2v) is 3.44. The molecule has 1 aromatic rings. The van der Waals surface area contributed by atoms with Crippen LogP contribution in [0.25, 0.3) is 0 Å². The molecule has 0 saturated carbocycles. The first-order chi connectivity index (χ1) is 7.11. The third kappa shape index (κ3) is 3.94. The van der Waals surface area contributed by atoms with Crippen molar-refractivity contribution in [1.82, 2.24) is 0 Å². The molecule has 0 aliphatic heterocycles. The summed E-state index contributed by atoms with van der Waals surface area (Å²) >= 11 is 0. The Morgan fingerprint density at radius 1 is 1.47 bits per heavy atom. The molecule has 0 aromatic heterocycles. The van der Waals surface area contributed by atoms with Crippen molar-refractivity contribution in [2.24, 2.45) is 4.99 Å². The van der Waals surface area contributed by atoms with Crippen molar-refractivity contribution in [2.45, 2.75) is 20.3 Å². The Hall–Kier alpha value is -1.64. The lowest BCUT2D eigenvalue weighted by Crippen LogP contribution is -2.05. The van der Waals surface area contributed by atoms with Crippen molar-refractivity contribution in [3.8, 4) is 0 Å². The van der Waals surface area contributed by atoms with Gasteiger partial charge >= 0.3 is 5.97 Å². The smallest absolute Gasteiger partial charge is 0.311 e. The van der Waals surface area contributed by atoms with E-state index in [1.54, 1.807) is 0 Å². The number of carbonyl (C=O) groups excluding carboxylic acids is 1. The van der Waals surface area contributed by atoms with Crippen molar-refractivity contribution in [3.05, 3.63) is 29.8 Å². The predicted octanol–water partition coefficient (Wildman–Crippen LogP) is 2.65. The molecule has 0 saturated heterocycles. The summed E-state index contributed by atoms with van der Waals surface area (Å²) in [6.07, 6.45) is 0.241. The Morgan fingerprint density at radius 3 is 2.80 bits per heavy atom. The third-order valence-corrected chi connectivity index (χ3v) is 1.95. The average molecular weight is 205 g/mol. The normalized spacial score (nSPS) is 11.3. The van der Waals surface area contributed by atoms with Gasteiger partial charge in [0.1, 0.15) is 0 Å². The number of hydrogen-bond acceptors (Lipinski definition) is 3. The minimum atomic E-state index is -0.260. The van der Waals surface area contributed by atoms with Crippen molar-refractivity contribution in [2.75, 3.05) is 7.11 Å². The number of nitrogens with zero attached hydrogens (tertiary/aromatic N) is 1. The van der Waals surface area contributed by atoms with E-state index in [2.05, 4.69) is 9.73 Å². The van der Waals surface area contributed by atoms with Crippen LogP contribution < -0.4 is 0 Å². The zero-order chi connectivity index (χ0) is 11.3. The maximum Gasteiger partial charge on any atom is 0.311 e. The van der Waals surface area contributed by atoms with Gasteiger partial charge in [-0.05, 0) is 31.5 Å². The molecule has 0 unspecified atom stereocenters. The first-order valence-corrected chi connectivity index (χ1v) is 4.79. The van der Waals surface area contributed by atoms with Crippen LogP contribution in [0, 0.1) is 6.92 Å². The Kier molecular flexibility index (Phi) is 4.03. The second-order valence-electron chi connectivity index (χ2n) is 3.44. The number of esters is 1. The van der Waals surface area contributed by atoms with E-state index < -0.39 is 0 Å². The van der Waals surface area contributed by atoms with Crippen LogP contribution in [0.2, 0.25) is 0 Å². The highest BCUT2D eigenvalue weighted by molar-refractivity contribution is 5.98. The van der Waals surface area contributed by atoms with E-state index in [1.807, 2.05) is 38.1 Å². The highest BCUT2D eigenvalue weighted by atomic mass is 16.5. The summed E-state index contributed by atoms with van der Waals surface area (Å²) in [4.78, 5) is 15.3. The molecule has 0 aliphatic carbocycles. The van der Waals surface area contributed by atoms with E-state index in [1.165, 1.54) is 7.11 Å². The molecule has 0 fully saturated rings. The van der Waals surface area contributed by atoms with Crippen LogP contribution in [0.5, 0.6) is 0 Å². The van der Waals surface area contributed by atoms with Crippen LogP contribution in [0.15, 0.2) is 29.3 Å². The van der Waals surface area contributed by atoms with E-state index in [4.69, 9.17) is 0 Å². The fourth-order valence-electron chi connectivity index (χ4n) is 1.24.